The van der Waals surface area contributed by atoms with Crippen molar-refractivity contribution >= 4 is 11.3 Å². The van der Waals surface area contributed by atoms with Crippen molar-refractivity contribution in [3.8, 4) is 0 Å². The predicted octanol–water partition coefficient (Wildman–Crippen LogP) is 2.06. The van der Waals surface area contributed by atoms with Gasteiger partial charge in [-0.3, -0.25) is 0 Å². The summed E-state index contributed by atoms with van der Waals surface area (Å²) in [5.74, 6) is 0.622. The van der Waals surface area contributed by atoms with Crippen LogP contribution in [0.3, 0.4) is 0 Å². The molecule has 0 saturated carbocycles. The lowest BCUT2D eigenvalue weighted by Gasteiger charge is -2.10. The van der Waals surface area contributed by atoms with E-state index in [0.29, 0.717) is 5.92 Å². The van der Waals surface area contributed by atoms with Gasteiger partial charge in [0.1, 0.15) is 0 Å². The standard InChI is InChI=1S/C9H16N2S/c1-2-3-8(5-10)4-9-6-12-7-11-9/h6-8H,2-5,10H2,1H3. The van der Waals surface area contributed by atoms with Crippen LogP contribution in [0.4, 0.5) is 0 Å². The molecule has 68 valence electrons. The molecule has 0 spiro atoms. The smallest absolute Gasteiger partial charge is 0.0794 e. The summed E-state index contributed by atoms with van der Waals surface area (Å²) in [7, 11) is 0. The molecule has 0 fully saturated rings. The third-order valence-corrected chi connectivity index (χ3v) is 2.65. The van der Waals surface area contributed by atoms with Crippen LogP contribution < -0.4 is 5.73 Å². The minimum absolute atomic E-state index is 0.622. The zero-order chi connectivity index (χ0) is 8.81. The molecular weight excluding hydrogens is 168 g/mol. The second-order valence-electron chi connectivity index (χ2n) is 3.07. The van der Waals surface area contributed by atoms with Gasteiger partial charge in [-0.05, 0) is 25.3 Å². The van der Waals surface area contributed by atoms with Crippen molar-refractivity contribution in [2.24, 2.45) is 11.7 Å². The Balaban J connectivity index is 2.37. The maximum Gasteiger partial charge on any atom is 0.0794 e. The van der Waals surface area contributed by atoms with Gasteiger partial charge in [0.2, 0.25) is 0 Å². The highest BCUT2D eigenvalue weighted by Gasteiger charge is 2.07. The van der Waals surface area contributed by atoms with Crippen LogP contribution in [0, 0.1) is 5.92 Å². The summed E-state index contributed by atoms with van der Waals surface area (Å²) < 4.78 is 0. The first-order valence-electron chi connectivity index (χ1n) is 4.44. The fraction of sp³-hybridized carbons (Fsp3) is 0.667. The minimum atomic E-state index is 0.622. The molecular formula is C9H16N2S. The van der Waals surface area contributed by atoms with Crippen LogP contribution in [-0.2, 0) is 6.42 Å². The Labute approximate surface area is 77.8 Å². The molecule has 0 bridgehead atoms. The minimum Gasteiger partial charge on any atom is -0.330 e. The van der Waals surface area contributed by atoms with Crippen LogP contribution in [0.1, 0.15) is 25.5 Å². The lowest BCUT2D eigenvalue weighted by atomic mass is 9.99. The molecule has 1 heterocycles. The number of rotatable bonds is 5. The molecule has 0 radical (unpaired) electrons. The third-order valence-electron chi connectivity index (χ3n) is 2.01. The Kier molecular flexibility index (Phi) is 4.25. The molecule has 1 atom stereocenters. The molecule has 12 heavy (non-hydrogen) atoms. The Morgan fingerprint density at radius 3 is 3.00 bits per heavy atom. The number of aromatic nitrogens is 1. The summed E-state index contributed by atoms with van der Waals surface area (Å²) in [5.41, 5.74) is 8.73. The lowest BCUT2D eigenvalue weighted by Crippen LogP contribution is -2.16. The van der Waals surface area contributed by atoms with E-state index in [1.807, 2.05) is 5.51 Å². The van der Waals surface area contributed by atoms with Crippen molar-refractivity contribution in [1.82, 2.24) is 4.98 Å². The Bertz CT molecular complexity index is 196. The van der Waals surface area contributed by atoms with Crippen molar-refractivity contribution in [3.63, 3.8) is 0 Å². The maximum atomic E-state index is 5.65. The summed E-state index contributed by atoms with van der Waals surface area (Å²) in [6.45, 7) is 2.98. The van der Waals surface area contributed by atoms with E-state index in [-0.39, 0.29) is 0 Å². The van der Waals surface area contributed by atoms with Crippen molar-refractivity contribution in [3.05, 3.63) is 16.6 Å². The van der Waals surface area contributed by atoms with Gasteiger partial charge in [0.25, 0.3) is 0 Å². The van der Waals surface area contributed by atoms with Gasteiger partial charge in [-0.15, -0.1) is 11.3 Å². The van der Waals surface area contributed by atoms with Gasteiger partial charge >= 0.3 is 0 Å². The van der Waals surface area contributed by atoms with E-state index in [9.17, 15) is 0 Å². The molecule has 0 aliphatic carbocycles. The van der Waals surface area contributed by atoms with Crippen LogP contribution in [0.5, 0.6) is 0 Å². The average molecular weight is 184 g/mol. The van der Waals surface area contributed by atoms with Gasteiger partial charge in [0.05, 0.1) is 11.2 Å². The van der Waals surface area contributed by atoms with E-state index in [1.54, 1.807) is 11.3 Å². The van der Waals surface area contributed by atoms with Crippen LogP contribution in [0.25, 0.3) is 0 Å². The number of hydrogen-bond acceptors (Lipinski definition) is 3. The second kappa shape index (κ2) is 5.27. The molecule has 1 aromatic rings. The van der Waals surface area contributed by atoms with E-state index in [0.717, 1.165) is 13.0 Å². The summed E-state index contributed by atoms with van der Waals surface area (Å²) >= 11 is 1.66. The normalized spacial score (nSPS) is 13.2. The van der Waals surface area contributed by atoms with E-state index in [2.05, 4.69) is 17.3 Å². The fourth-order valence-corrected chi connectivity index (χ4v) is 1.92. The largest absolute Gasteiger partial charge is 0.330 e. The second-order valence-corrected chi connectivity index (χ2v) is 3.79. The van der Waals surface area contributed by atoms with Crippen molar-refractivity contribution in [2.45, 2.75) is 26.2 Å². The molecule has 1 rings (SSSR count). The SMILES string of the molecule is CCCC(CN)Cc1cscn1. The number of nitrogens with zero attached hydrogens (tertiary/aromatic N) is 1. The van der Waals surface area contributed by atoms with E-state index >= 15 is 0 Å². The molecule has 1 aromatic heterocycles. The molecule has 0 aromatic carbocycles. The van der Waals surface area contributed by atoms with Gasteiger partial charge in [0, 0.05) is 5.38 Å². The highest BCUT2D eigenvalue weighted by molar-refractivity contribution is 7.07. The van der Waals surface area contributed by atoms with Gasteiger partial charge in [-0.1, -0.05) is 13.3 Å². The van der Waals surface area contributed by atoms with E-state index in [4.69, 9.17) is 5.73 Å². The molecule has 2 N–H and O–H groups in total. The number of thiazole rings is 1. The molecule has 2 nitrogen and oxygen atoms in total. The maximum absolute atomic E-state index is 5.65. The Hall–Kier alpha value is -0.410. The predicted molar refractivity (Wildman–Crippen MR) is 53.3 cm³/mol. The van der Waals surface area contributed by atoms with Crippen LogP contribution >= 0.6 is 11.3 Å². The first kappa shape index (κ1) is 9.68. The topological polar surface area (TPSA) is 38.9 Å². The van der Waals surface area contributed by atoms with Crippen molar-refractivity contribution in [1.29, 1.82) is 0 Å². The van der Waals surface area contributed by atoms with E-state index < -0.39 is 0 Å². The summed E-state index contributed by atoms with van der Waals surface area (Å²) in [5, 5.41) is 2.11. The molecule has 0 aliphatic rings. The van der Waals surface area contributed by atoms with Crippen LogP contribution in [0.2, 0.25) is 0 Å². The first-order valence-corrected chi connectivity index (χ1v) is 5.38. The van der Waals surface area contributed by atoms with E-state index in [1.165, 1.54) is 18.5 Å². The zero-order valence-corrected chi connectivity index (χ0v) is 8.31. The quantitative estimate of drug-likeness (QED) is 0.760. The highest BCUT2D eigenvalue weighted by atomic mass is 32.1. The fourth-order valence-electron chi connectivity index (χ4n) is 1.35. The lowest BCUT2D eigenvalue weighted by molar-refractivity contribution is 0.483. The first-order chi connectivity index (χ1) is 5.86. The number of nitrogens with two attached hydrogens (primary N) is 1. The average Bonchev–Trinajstić information content (AvgIpc) is 2.56. The zero-order valence-electron chi connectivity index (χ0n) is 7.49. The Morgan fingerprint density at radius 1 is 1.67 bits per heavy atom. The third kappa shape index (κ3) is 2.91. The van der Waals surface area contributed by atoms with Crippen molar-refractivity contribution in [2.75, 3.05) is 6.54 Å². The number of hydrogen-bond donors (Lipinski definition) is 1. The van der Waals surface area contributed by atoms with Gasteiger partial charge in [0.15, 0.2) is 0 Å². The van der Waals surface area contributed by atoms with Crippen molar-refractivity contribution < 1.29 is 0 Å². The molecule has 0 aliphatic heterocycles. The van der Waals surface area contributed by atoms with Gasteiger partial charge in [-0.2, -0.15) is 0 Å². The van der Waals surface area contributed by atoms with Gasteiger partial charge < -0.3 is 5.73 Å². The molecule has 0 amide bonds. The van der Waals surface area contributed by atoms with Gasteiger partial charge in [-0.25, -0.2) is 4.98 Å². The summed E-state index contributed by atoms with van der Waals surface area (Å²) in [6.07, 6.45) is 3.48. The molecule has 3 heteroatoms. The highest BCUT2D eigenvalue weighted by Crippen LogP contribution is 2.12. The summed E-state index contributed by atoms with van der Waals surface area (Å²) in [4.78, 5) is 4.25. The van der Waals surface area contributed by atoms with Crippen LogP contribution in [-0.4, -0.2) is 11.5 Å². The summed E-state index contributed by atoms with van der Waals surface area (Å²) in [6, 6.07) is 0. The van der Waals surface area contributed by atoms with Crippen LogP contribution in [0.15, 0.2) is 10.9 Å². The molecule has 0 saturated heterocycles. The molecule has 1 unspecified atom stereocenters. The monoisotopic (exact) mass is 184 g/mol. The Morgan fingerprint density at radius 2 is 2.50 bits per heavy atom.